The summed E-state index contributed by atoms with van der Waals surface area (Å²) in [7, 11) is -3.56. The minimum atomic E-state index is -3.56. The molecule has 1 aromatic heterocycles. The van der Waals surface area contributed by atoms with Crippen LogP contribution >= 0.6 is 11.3 Å². The number of sulfonamides is 1. The largest absolute Gasteiger partial charge is 0.255 e. The lowest BCUT2D eigenvalue weighted by Gasteiger charge is -2.24. The van der Waals surface area contributed by atoms with E-state index < -0.39 is 10.0 Å². The Morgan fingerprint density at radius 3 is 2.72 bits per heavy atom. The van der Waals surface area contributed by atoms with Crippen LogP contribution < -0.4 is 0 Å². The maximum atomic E-state index is 12.5. The van der Waals surface area contributed by atoms with E-state index in [-0.39, 0.29) is 16.8 Å². The summed E-state index contributed by atoms with van der Waals surface area (Å²) in [5.41, 5.74) is 0. The molecule has 0 amide bonds. The summed E-state index contributed by atoms with van der Waals surface area (Å²) in [5.74, 6) is 0. The molecule has 98 valence electrons. The Hall–Kier alpha value is -0.970. The summed E-state index contributed by atoms with van der Waals surface area (Å²) in [6.07, 6.45) is 5.14. The zero-order valence-electron chi connectivity index (χ0n) is 10.2. The molecule has 1 fully saturated rings. The molecule has 2 rings (SSSR count). The van der Waals surface area contributed by atoms with Crippen molar-refractivity contribution in [1.82, 2.24) is 9.29 Å². The molecule has 0 aliphatic heterocycles. The van der Waals surface area contributed by atoms with Crippen molar-refractivity contribution in [1.29, 1.82) is 5.26 Å². The van der Waals surface area contributed by atoms with Crippen molar-refractivity contribution in [3.63, 3.8) is 0 Å². The van der Waals surface area contributed by atoms with Gasteiger partial charge >= 0.3 is 0 Å². The molecule has 7 heteroatoms. The Kier molecular flexibility index (Phi) is 4.00. The molecule has 5 nitrogen and oxygen atoms in total. The van der Waals surface area contributed by atoms with Gasteiger partial charge in [-0.25, -0.2) is 13.4 Å². The Bertz CT molecular complexity index is 553. The second-order valence-electron chi connectivity index (χ2n) is 4.34. The molecule has 0 spiro atoms. The first-order valence-electron chi connectivity index (χ1n) is 5.87. The van der Waals surface area contributed by atoms with Gasteiger partial charge in [-0.3, -0.25) is 0 Å². The number of aromatic nitrogens is 1. The number of rotatable bonds is 4. The van der Waals surface area contributed by atoms with Gasteiger partial charge in [0, 0.05) is 6.04 Å². The monoisotopic (exact) mass is 285 g/mol. The molecule has 0 aromatic carbocycles. The maximum absolute atomic E-state index is 12.5. The topological polar surface area (TPSA) is 74.1 Å². The predicted octanol–water partition coefficient (Wildman–Crippen LogP) is 1.91. The SMILES string of the molecule is Cc1ncc(S(=O)(=O)N(CC#N)C2CCCC2)s1. The zero-order chi connectivity index (χ0) is 13.2. The molecule has 0 saturated heterocycles. The minimum Gasteiger partial charge on any atom is -0.249 e. The Labute approximate surface area is 111 Å². The van der Waals surface area contributed by atoms with E-state index in [9.17, 15) is 8.42 Å². The van der Waals surface area contributed by atoms with Crippen LogP contribution in [0.1, 0.15) is 30.7 Å². The summed E-state index contributed by atoms with van der Waals surface area (Å²) >= 11 is 1.16. The fraction of sp³-hybridized carbons (Fsp3) is 0.636. The van der Waals surface area contributed by atoms with Gasteiger partial charge in [0.15, 0.2) is 4.21 Å². The van der Waals surface area contributed by atoms with Crippen LogP contribution in [0, 0.1) is 18.3 Å². The van der Waals surface area contributed by atoms with E-state index in [0.717, 1.165) is 42.0 Å². The second kappa shape index (κ2) is 5.34. The van der Waals surface area contributed by atoms with Crippen molar-refractivity contribution in [2.45, 2.75) is 42.9 Å². The van der Waals surface area contributed by atoms with Crippen LogP contribution in [0.4, 0.5) is 0 Å². The third kappa shape index (κ3) is 2.55. The van der Waals surface area contributed by atoms with Gasteiger partial charge in [-0.05, 0) is 19.8 Å². The molecule has 1 heterocycles. The van der Waals surface area contributed by atoms with Gasteiger partial charge in [0.25, 0.3) is 10.0 Å². The number of aryl methyl sites for hydroxylation is 1. The molecule has 1 aliphatic rings. The minimum absolute atomic E-state index is 0.0305. The highest BCUT2D eigenvalue weighted by atomic mass is 32.2. The molecular weight excluding hydrogens is 270 g/mol. The van der Waals surface area contributed by atoms with Crippen molar-refractivity contribution >= 4 is 21.4 Å². The fourth-order valence-electron chi connectivity index (χ4n) is 2.25. The average Bonchev–Trinajstić information content (AvgIpc) is 2.96. The summed E-state index contributed by atoms with van der Waals surface area (Å²) < 4.78 is 26.5. The van der Waals surface area contributed by atoms with Crippen molar-refractivity contribution in [3.8, 4) is 6.07 Å². The smallest absolute Gasteiger partial charge is 0.249 e. The van der Waals surface area contributed by atoms with Gasteiger partial charge in [0.2, 0.25) is 0 Å². The lowest BCUT2D eigenvalue weighted by Crippen LogP contribution is -2.38. The lowest BCUT2D eigenvalue weighted by atomic mass is 10.2. The lowest BCUT2D eigenvalue weighted by molar-refractivity contribution is 0.351. The van der Waals surface area contributed by atoms with Gasteiger partial charge in [-0.15, -0.1) is 11.3 Å². The van der Waals surface area contributed by atoms with E-state index in [1.807, 2.05) is 6.07 Å². The Morgan fingerprint density at radius 2 is 2.22 bits per heavy atom. The van der Waals surface area contributed by atoms with E-state index in [0.29, 0.717) is 0 Å². The maximum Gasteiger partial charge on any atom is 0.255 e. The van der Waals surface area contributed by atoms with Gasteiger partial charge < -0.3 is 0 Å². The Morgan fingerprint density at radius 1 is 1.56 bits per heavy atom. The Balaban J connectivity index is 2.32. The summed E-state index contributed by atoms with van der Waals surface area (Å²) in [6.45, 7) is 1.69. The first-order valence-corrected chi connectivity index (χ1v) is 8.12. The van der Waals surface area contributed by atoms with E-state index >= 15 is 0 Å². The van der Waals surface area contributed by atoms with E-state index in [1.54, 1.807) is 6.92 Å². The van der Waals surface area contributed by atoms with Crippen LogP contribution in [-0.2, 0) is 10.0 Å². The molecule has 0 bridgehead atoms. The number of nitrogens with zero attached hydrogens (tertiary/aromatic N) is 3. The van der Waals surface area contributed by atoms with Crippen LogP contribution in [0.3, 0.4) is 0 Å². The average molecular weight is 285 g/mol. The van der Waals surface area contributed by atoms with E-state index in [2.05, 4.69) is 4.98 Å². The standard InChI is InChI=1S/C11H15N3O2S2/c1-9-13-8-11(17-9)18(15,16)14(7-6-12)10-4-2-3-5-10/h8,10H,2-5,7H2,1H3. The van der Waals surface area contributed by atoms with Crippen molar-refractivity contribution in [2.75, 3.05) is 6.54 Å². The molecule has 1 aromatic rings. The van der Waals surface area contributed by atoms with Crippen molar-refractivity contribution in [2.24, 2.45) is 0 Å². The summed E-state index contributed by atoms with van der Waals surface area (Å²) in [4.78, 5) is 3.98. The number of nitriles is 1. The molecule has 0 unspecified atom stereocenters. The predicted molar refractivity (Wildman–Crippen MR) is 68.6 cm³/mol. The van der Waals surface area contributed by atoms with Crippen molar-refractivity contribution < 1.29 is 8.42 Å². The van der Waals surface area contributed by atoms with Crippen molar-refractivity contribution in [3.05, 3.63) is 11.2 Å². The van der Waals surface area contributed by atoms with E-state index in [4.69, 9.17) is 5.26 Å². The molecular formula is C11H15N3O2S2. The highest BCUT2D eigenvalue weighted by Gasteiger charge is 2.34. The molecule has 1 aliphatic carbocycles. The third-order valence-corrected chi connectivity index (χ3v) is 6.37. The first-order chi connectivity index (χ1) is 8.55. The van der Waals surface area contributed by atoms with Gasteiger partial charge in [-0.1, -0.05) is 12.8 Å². The third-order valence-electron chi connectivity index (χ3n) is 3.12. The highest BCUT2D eigenvalue weighted by Crippen LogP contribution is 2.30. The molecule has 0 radical (unpaired) electrons. The number of hydrogen-bond acceptors (Lipinski definition) is 5. The second-order valence-corrected chi connectivity index (χ2v) is 7.70. The van der Waals surface area contributed by atoms with E-state index in [1.165, 1.54) is 10.5 Å². The quantitative estimate of drug-likeness (QED) is 0.792. The van der Waals surface area contributed by atoms with Gasteiger partial charge in [-0.2, -0.15) is 9.57 Å². The molecule has 1 saturated carbocycles. The summed E-state index contributed by atoms with van der Waals surface area (Å²) in [6, 6.07) is 1.93. The van der Waals surface area contributed by atoms with Crippen LogP contribution in [-0.4, -0.2) is 30.3 Å². The normalized spacial score (nSPS) is 17.2. The van der Waals surface area contributed by atoms with Gasteiger partial charge in [0.1, 0.15) is 6.54 Å². The highest BCUT2D eigenvalue weighted by molar-refractivity contribution is 7.91. The first kappa shape index (κ1) is 13.5. The molecule has 18 heavy (non-hydrogen) atoms. The van der Waals surface area contributed by atoms with Gasteiger partial charge in [0.05, 0.1) is 17.3 Å². The van der Waals surface area contributed by atoms with Crippen LogP contribution in [0.25, 0.3) is 0 Å². The van der Waals surface area contributed by atoms with Crippen LogP contribution in [0.2, 0.25) is 0 Å². The zero-order valence-corrected chi connectivity index (χ0v) is 11.8. The van der Waals surface area contributed by atoms with Crippen LogP contribution in [0.5, 0.6) is 0 Å². The van der Waals surface area contributed by atoms with Crippen LogP contribution in [0.15, 0.2) is 10.4 Å². The number of hydrogen-bond donors (Lipinski definition) is 0. The molecule has 0 atom stereocenters. The fourth-order valence-corrected chi connectivity index (χ4v) is 5.07. The molecule has 0 N–H and O–H groups in total. The summed E-state index contributed by atoms with van der Waals surface area (Å²) in [5, 5.41) is 9.56. The number of thiazole rings is 1.